The number of hydrogen-bond donors (Lipinski definition) is 0. The summed E-state index contributed by atoms with van der Waals surface area (Å²) in [6.07, 6.45) is 7.26. The molecule has 0 radical (unpaired) electrons. The Morgan fingerprint density at radius 3 is 2.47 bits per heavy atom. The molecule has 0 aromatic heterocycles. The van der Waals surface area contributed by atoms with E-state index in [0.717, 1.165) is 12.1 Å². The number of fused-ring (bicyclic) bond motifs is 1. The smallest absolute Gasteiger partial charge is 0.0171 e. The van der Waals surface area contributed by atoms with Crippen LogP contribution in [0.15, 0.2) is 0 Å². The van der Waals surface area contributed by atoms with Crippen LogP contribution in [0.5, 0.6) is 0 Å². The molecule has 2 heteroatoms. The molecule has 0 N–H and O–H groups in total. The van der Waals surface area contributed by atoms with E-state index < -0.39 is 0 Å². The Balaban J connectivity index is 1.60. The van der Waals surface area contributed by atoms with E-state index in [-0.39, 0.29) is 0 Å². The van der Waals surface area contributed by atoms with Gasteiger partial charge in [-0.15, -0.1) is 0 Å². The van der Waals surface area contributed by atoms with Crippen molar-refractivity contribution in [1.29, 1.82) is 0 Å². The van der Waals surface area contributed by atoms with Crippen LogP contribution in [0.25, 0.3) is 0 Å². The Hall–Kier alpha value is -0.0800. The molecule has 3 atom stereocenters. The molecule has 1 aliphatic carbocycles. The first kappa shape index (κ1) is 10.1. The zero-order valence-electron chi connectivity index (χ0n) is 10.2. The van der Waals surface area contributed by atoms with Gasteiger partial charge in [-0.2, -0.15) is 0 Å². The molecule has 3 unspecified atom stereocenters. The van der Waals surface area contributed by atoms with E-state index in [1.165, 1.54) is 51.7 Å². The van der Waals surface area contributed by atoms with Gasteiger partial charge in [0.2, 0.25) is 0 Å². The van der Waals surface area contributed by atoms with Crippen LogP contribution in [0, 0.1) is 5.41 Å². The zero-order chi connectivity index (χ0) is 10.5. The maximum absolute atomic E-state index is 2.73. The third-order valence-corrected chi connectivity index (χ3v) is 5.02. The molecule has 15 heavy (non-hydrogen) atoms. The molecule has 0 bridgehead atoms. The summed E-state index contributed by atoms with van der Waals surface area (Å²) in [5, 5.41) is 0. The molecule has 3 rings (SSSR count). The first-order chi connectivity index (χ1) is 7.21. The van der Waals surface area contributed by atoms with Gasteiger partial charge in [0.05, 0.1) is 0 Å². The molecule has 2 nitrogen and oxygen atoms in total. The highest BCUT2D eigenvalue weighted by molar-refractivity contribution is 5.16. The van der Waals surface area contributed by atoms with Crippen molar-refractivity contribution in [3.63, 3.8) is 0 Å². The van der Waals surface area contributed by atoms with Crippen molar-refractivity contribution in [2.24, 2.45) is 5.41 Å². The summed E-state index contributed by atoms with van der Waals surface area (Å²) < 4.78 is 0. The van der Waals surface area contributed by atoms with Gasteiger partial charge in [-0.25, -0.2) is 0 Å². The summed E-state index contributed by atoms with van der Waals surface area (Å²) in [6.45, 7) is 6.52. The fourth-order valence-corrected chi connectivity index (χ4v) is 3.96. The van der Waals surface area contributed by atoms with E-state index in [0.29, 0.717) is 5.41 Å². The van der Waals surface area contributed by atoms with Gasteiger partial charge in [0.1, 0.15) is 0 Å². The molecule has 2 aliphatic heterocycles. The quantitative estimate of drug-likeness (QED) is 0.684. The van der Waals surface area contributed by atoms with Crippen LogP contribution in [0.2, 0.25) is 0 Å². The number of rotatable bonds is 2. The Kier molecular flexibility index (Phi) is 2.33. The van der Waals surface area contributed by atoms with E-state index >= 15 is 0 Å². The van der Waals surface area contributed by atoms with Crippen molar-refractivity contribution in [2.75, 3.05) is 26.7 Å². The molecule has 0 aromatic rings. The Morgan fingerprint density at radius 1 is 1.13 bits per heavy atom. The number of piperidine rings is 2. The third-order valence-electron chi connectivity index (χ3n) is 5.02. The van der Waals surface area contributed by atoms with Gasteiger partial charge >= 0.3 is 0 Å². The lowest BCUT2D eigenvalue weighted by Gasteiger charge is -2.30. The Bertz CT molecular complexity index is 247. The molecule has 3 fully saturated rings. The second-order valence-electron chi connectivity index (χ2n) is 6.14. The lowest BCUT2D eigenvalue weighted by molar-refractivity contribution is 0.184. The SMILES string of the molecule is CC1CC2(CN3CCCCC3)CC2N1C. The first-order valence-corrected chi connectivity index (χ1v) is 6.66. The summed E-state index contributed by atoms with van der Waals surface area (Å²) in [5.74, 6) is 0. The molecule has 86 valence electrons. The van der Waals surface area contributed by atoms with Crippen molar-refractivity contribution in [3.05, 3.63) is 0 Å². The minimum Gasteiger partial charge on any atom is -0.303 e. The third kappa shape index (κ3) is 1.62. The van der Waals surface area contributed by atoms with Crippen LogP contribution in [-0.4, -0.2) is 48.6 Å². The topological polar surface area (TPSA) is 6.48 Å². The maximum atomic E-state index is 2.73. The Morgan fingerprint density at radius 2 is 1.87 bits per heavy atom. The van der Waals surface area contributed by atoms with Gasteiger partial charge in [-0.1, -0.05) is 6.42 Å². The predicted molar refractivity (Wildman–Crippen MR) is 63.0 cm³/mol. The van der Waals surface area contributed by atoms with Crippen molar-refractivity contribution >= 4 is 0 Å². The molecular formula is C13H24N2. The standard InChI is InChI=1S/C13H24N2/c1-11-8-13(9-12(13)14(11)2)10-15-6-4-3-5-7-15/h11-12H,3-10H2,1-2H3. The molecule has 2 saturated heterocycles. The van der Waals surface area contributed by atoms with Crippen LogP contribution < -0.4 is 0 Å². The lowest BCUT2D eigenvalue weighted by Crippen LogP contribution is -2.35. The molecule has 3 aliphatic rings. The summed E-state index contributed by atoms with van der Waals surface area (Å²) in [7, 11) is 2.32. The van der Waals surface area contributed by atoms with Crippen LogP contribution in [0.3, 0.4) is 0 Å². The monoisotopic (exact) mass is 208 g/mol. The highest BCUT2D eigenvalue weighted by Crippen LogP contribution is 2.59. The van der Waals surface area contributed by atoms with Crippen LogP contribution in [0.4, 0.5) is 0 Å². The molecule has 0 amide bonds. The summed E-state index contributed by atoms with van der Waals surface area (Å²) >= 11 is 0. The van der Waals surface area contributed by atoms with E-state index in [2.05, 4.69) is 23.8 Å². The normalized spacial score (nSPS) is 46.8. The average molecular weight is 208 g/mol. The van der Waals surface area contributed by atoms with E-state index in [4.69, 9.17) is 0 Å². The predicted octanol–water partition coefficient (Wildman–Crippen LogP) is 1.96. The van der Waals surface area contributed by atoms with Gasteiger partial charge in [0.15, 0.2) is 0 Å². The largest absolute Gasteiger partial charge is 0.303 e. The van der Waals surface area contributed by atoms with Gasteiger partial charge in [-0.05, 0) is 52.7 Å². The van der Waals surface area contributed by atoms with Gasteiger partial charge in [0.25, 0.3) is 0 Å². The molecule has 0 spiro atoms. The Labute approximate surface area is 93.6 Å². The molecule has 2 heterocycles. The van der Waals surface area contributed by atoms with Crippen molar-refractivity contribution in [2.45, 2.75) is 51.1 Å². The minimum atomic E-state index is 0.714. The summed E-state index contributed by atoms with van der Waals surface area (Å²) in [5.41, 5.74) is 0.714. The van der Waals surface area contributed by atoms with E-state index in [1.54, 1.807) is 0 Å². The van der Waals surface area contributed by atoms with Crippen molar-refractivity contribution in [1.82, 2.24) is 9.80 Å². The first-order valence-electron chi connectivity index (χ1n) is 6.66. The van der Waals surface area contributed by atoms with Crippen LogP contribution >= 0.6 is 0 Å². The fourth-order valence-electron chi connectivity index (χ4n) is 3.96. The summed E-state index contributed by atoms with van der Waals surface area (Å²) in [4.78, 5) is 5.35. The second kappa shape index (κ2) is 3.46. The molecule has 1 saturated carbocycles. The second-order valence-corrected chi connectivity index (χ2v) is 6.14. The van der Waals surface area contributed by atoms with Crippen LogP contribution in [-0.2, 0) is 0 Å². The zero-order valence-corrected chi connectivity index (χ0v) is 10.2. The van der Waals surface area contributed by atoms with Crippen LogP contribution in [0.1, 0.15) is 39.0 Å². The average Bonchev–Trinajstić information content (AvgIpc) is 2.86. The fraction of sp³-hybridized carbons (Fsp3) is 1.00. The highest BCUT2D eigenvalue weighted by Gasteiger charge is 2.62. The number of hydrogen-bond acceptors (Lipinski definition) is 2. The van der Waals surface area contributed by atoms with Gasteiger partial charge in [0, 0.05) is 24.0 Å². The van der Waals surface area contributed by atoms with Crippen molar-refractivity contribution in [3.8, 4) is 0 Å². The summed E-state index contributed by atoms with van der Waals surface area (Å²) in [6, 6.07) is 1.75. The van der Waals surface area contributed by atoms with Gasteiger partial charge < -0.3 is 9.80 Å². The van der Waals surface area contributed by atoms with Crippen molar-refractivity contribution < 1.29 is 0 Å². The van der Waals surface area contributed by atoms with Gasteiger partial charge in [-0.3, -0.25) is 0 Å². The maximum Gasteiger partial charge on any atom is 0.0171 e. The van der Waals surface area contributed by atoms with E-state index in [9.17, 15) is 0 Å². The number of nitrogens with zero attached hydrogens (tertiary/aromatic N) is 2. The minimum absolute atomic E-state index is 0.714. The van der Waals surface area contributed by atoms with E-state index in [1.807, 2.05) is 0 Å². The number of likely N-dealkylation sites (tertiary alicyclic amines) is 2. The molecular weight excluding hydrogens is 184 g/mol. The molecule has 0 aromatic carbocycles. The highest BCUT2D eigenvalue weighted by atomic mass is 15.3. The lowest BCUT2D eigenvalue weighted by atomic mass is 9.98.